The summed E-state index contributed by atoms with van der Waals surface area (Å²) in [6.07, 6.45) is 2.90. The summed E-state index contributed by atoms with van der Waals surface area (Å²) < 4.78 is 11.4. The Labute approximate surface area is 120 Å². The van der Waals surface area contributed by atoms with Crippen molar-refractivity contribution in [3.8, 4) is 11.5 Å². The first-order valence-corrected chi connectivity index (χ1v) is 7.51. The van der Waals surface area contributed by atoms with E-state index in [1.807, 2.05) is 25.1 Å². The van der Waals surface area contributed by atoms with E-state index in [1.165, 1.54) is 0 Å². The van der Waals surface area contributed by atoms with Gasteiger partial charge in [-0.25, -0.2) is 0 Å². The Bertz CT molecular complexity index is 467. The van der Waals surface area contributed by atoms with E-state index in [0.717, 1.165) is 49.4 Å². The summed E-state index contributed by atoms with van der Waals surface area (Å²) in [7, 11) is 0. The van der Waals surface area contributed by atoms with Crippen LogP contribution in [0.15, 0.2) is 18.2 Å². The van der Waals surface area contributed by atoms with Gasteiger partial charge in [0.1, 0.15) is 0 Å². The highest BCUT2D eigenvalue weighted by Gasteiger charge is 2.35. The summed E-state index contributed by atoms with van der Waals surface area (Å²) in [5, 5.41) is 14.3. The van der Waals surface area contributed by atoms with Gasteiger partial charge in [0.2, 0.25) is 0 Å². The molecule has 2 N–H and O–H groups in total. The van der Waals surface area contributed by atoms with E-state index in [9.17, 15) is 5.11 Å². The van der Waals surface area contributed by atoms with Crippen molar-refractivity contribution in [2.45, 2.75) is 31.8 Å². The van der Waals surface area contributed by atoms with Gasteiger partial charge in [-0.05, 0) is 56.5 Å². The molecule has 0 aromatic heterocycles. The smallest absolute Gasteiger partial charge is 0.161 e. The number of hydrogen-bond acceptors (Lipinski definition) is 4. The van der Waals surface area contributed by atoms with E-state index in [0.29, 0.717) is 13.2 Å². The Morgan fingerprint density at radius 2 is 1.85 bits per heavy atom. The van der Waals surface area contributed by atoms with Gasteiger partial charge in [-0.2, -0.15) is 0 Å². The van der Waals surface area contributed by atoms with Crippen molar-refractivity contribution in [3.63, 3.8) is 0 Å². The number of fused-ring (bicyclic) bond motifs is 1. The second-order valence-electron chi connectivity index (χ2n) is 5.88. The van der Waals surface area contributed by atoms with Crippen LogP contribution in [-0.4, -0.2) is 31.4 Å². The Balaban J connectivity index is 1.87. The third-order valence-electron chi connectivity index (χ3n) is 4.47. The van der Waals surface area contributed by atoms with Crippen LogP contribution in [0.2, 0.25) is 0 Å². The number of hydrogen-bond donors (Lipinski definition) is 2. The van der Waals surface area contributed by atoms with Crippen LogP contribution in [0.1, 0.15) is 31.7 Å². The third kappa shape index (κ3) is 2.63. The zero-order valence-corrected chi connectivity index (χ0v) is 12.0. The number of aliphatic hydroxyl groups is 1. The van der Waals surface area contributed by atoms with Gasteiger partial charge in [-0.1, -0.05) is 6.07 Å². The molecule has 1 fully saturated rings. The lowest BCUT2D eigenvalue weighted by molar-refractivity contribution is -0.0188. The molecule has 1 aromatic rings. The zero-order chi connectivity index (χ0) is 14.0. The van der Waals surface area contributed by atoms with Crippen molar-refractivity contribution in [1.82, 2.24) is 5.32 Å². The minimum absolute atomic E-state index is 0.286. The van der Waals surface area contributed by atoms with Gasteiger partial charge in [-0.15, -0.1) is 0 Å². The molecule has 2 aliphatic heterocycles. The highest BCUT2D eigenvalue weighted by atomic mass is 16.5. The minimum atomic E-state index is -0.813. The van der Waals surface area contributed by atoms with E-state index in [2.05, 4.69) is 5.32 Å². The molecule has 0 aliphatic carbocycles. The highest BCUT2D eigenvalue weighted by Crippen LogP contribution is 2.39. The maximum absolute atomic E-state index is 11.0. The second kappa shape index (κ2) is 5.62. The quantitative estimate of drug-likeness (QED) is 0.869. The van der Waals surface area contributed by atoms with Gasteiger partial charge in [0.15, 0.2) is 11.5 Å². The fraction of sp³-hybridized carbons (Fsp3) is 0.625. The fourth-order valence-corrected chi connectivity index (χ4v) is 3.10. The average molecular weight is 277 g/mol. The Kier molecular flexibility index (Phi) is 3.85. The maximum atomic E-state index is 11.0. The van der Waals surface area contributed by atoms with Crippen molar-refractivity contribution in [3.05, 3.63) is 23.8 Å². The van der Waals surface area contributed by atoms with Gasteiger partial charge < -0.3 is 19.9 Å². The lowest BCUT2D eigenvalue weighted by Crippen LogP contribution is -2.39. The lowest BCUT2D eigenvalue weighted by Gasteiger charge is -2.36. The van der Waals surface area contributed by atoms with Crippen LogP contribution in [0.4, 0.5) is 0 Å². The predicted octanol–water partition coefficient (Wildman–Crippen LogP) is 2.05. The molecule has 1 saturated heterocycles. The van der Waals surface area contributed by atoms with Gasteiger partial charge in [0, 0.05) is 6.42 Å². The van der Waals surface area contributed by atoms with Crippen molar-refractivity contribution in [2.24, 2.45) is 5.92 Å². The molecule has 20 heavy (non-hydrogen) atoms. The first kappa shape index (κ1) is 13.7. The lowest BCUT2D eigenvalue weighted by atomic mass is 9.77. The summed E-state index contributed by atoms with van der Waals surface area (Å²) in [6.45, 7) is 5.24. The molecule has 2 aliphatic rings. The third-order valence-corrected chi connectivity index (χ3v) is 4.47. The largest absolute Gasteiger partial charge is 0.490 e. The van der Waals surface area contributed by atoms with Crippen LogP contribution in [-0.2, 0) is 5.60 Å². The summed E-state index contributed by atoms with van der Waals surface area (Å²) in [6, 6.07) is 5.84. The standard InChI is InChI=1S/C16H23NO3/c1-16(18,12-5-7-17-8-6-12)13-3-4-14-15(11-13)20-10-2-9-19-14/h3-4,11-12,17-18H,2,5-10H2,1H3. The fourth-order valence-electron chi connectivity index (χ4n) is 3.10. The molecular formula is C16H23NO3. The summed E-state index contributed by atoms with van der Waals surface area (Å²) in [4.78, 5) is 0. The molecule has 1 unspecified atom stereocenters. The molecule has 3 rings (SSSR count). The highest BCUT2D eigenvalue weighted by molar-refractivity contribution is 5.45. The Hall–Kier alpha value is -1.26. The van der Waals surface area contributed by atoms with Gasteiger partial charge in [0.05, 0.1) is 18.8 Å². The summed E-state index contributed by atoms with van der Waals surface area (Å²) in [5.74, 6) is 1.83. The van der Waals surface area contributed by atoms with Crippen molar-refractivity contribution >= 4 is 0 Å². The van der Waals surface area contributed by atoms with Crippen LogP contribution in [0.5, 0.6) is 11.5 Å². The van der Waals surface area contributed by atoms with Crippen molar-refractivity contribution in [2.75, 3.05) is 26.3 Å². The number of rotatable bonds is 2. The van der Waals surface area contributed by atoms with E-state index >= 15 is 0 Å². The monoisotopic (exact) mass is 277 g/mol. The molecule has 110 valence electrons. The Morgan fingerprint density at radius 1 is 1.15 bits per heavy atom. The molecule has 1 aromatic carbocycles. The zero-order valence-electron chi connectivity index (χ0n) is 12.0. The molecule has 1 atom stereocenters. The first-order chi connectivity index (χ1) is 9.68. The van der Waals surface area contributed by atoms with Crippen LogP contribution in [0.25, 0.3) is 0 Å². The van der Waals surface area contributed by atoms with E-state index < -0.39 is 5.60 Å². The summed E-state index contributed by atoms with van der Waals surface area (Å²) >= 11 is 0. The van der Waals surface area contributed by atoms with E-state index in [-0.39, 0.29) is 5.92 Å². The topological polar surface area (TPSA) is 50.7 Å². The Morgan fingerprint density at radius 3 is 2.60 bits per heavy atom. The van der Waals surface area contributed by atoms with E-state index in [4.69, 9.17) is 9.47 Å². The first-order valence-electron chi connectivity index (χ1n) is 7.51. The average Bonchev–Trinajstić information content (AvgIpc) is 2.72. The van der Waals surface area contributed by atoms with Gasteiger partial charge in [-0.3, -0.25) is 0 Å². The van der Waals surface area contributed by atoms with Crippen molar-refractivity contribution in [1.29, 1.82) is 0 Å². The second-order valence-corrected chi connectivity index (χ2v) is 5.88. The molecule has 2 heterocycles. The van der Waals surface area contributed by atoms with Crippen LogP contribution >= 0.6 is 0 Å². The molecule has 4 nitrogen and oxygen atoms in total. The van der Waals surface area contributed by atoms with Gasteiger partial charge >= 0.3 is 0 Å². The molecule has 0 bridgehead atoms. The van der Waals surface area contributed by atoms with Crippen molar-refractivity contribution < 1.29 is 14.6 Å². The van der Waals surface area contributed by atoms with Crippen LogP contribution in [0.3, 0.4) is 0 Å². The van der Waals surface area contributed by atoms with Gasteiger partial charge in [0.25, 0.3) is 0 Å². The molecule has 0 saturated carbocycles. The van der Waals surface area contributed by atoms with Crippen LogP contribution < -0.4 is 14.8 Å². The molecule has 0 spiro atoms. The minimum Gasteiger partial charge on any atom is -0.490 e. The number of ether oxygens (including phenoxy) is 2. The van der Waals surface area contributed by atoms with Crippen LogP contribution in [0, 0.1) is 5.92 Å². The number of nitrogens with one attached hydrogen (secondary N) is 1. The predicted molar refractivity (Wildman–Crippen MR) is 77.2 cm³/mol. The molecule has 0 amide bonds. The van der Waals surface area contributed by atoms with E-state index in [1.54, 1.807) is 0 Å². The molecular weight excluding hydrogens is 254 g/mol. The molecule has 4 heteroatoms. The SMILES string of the molecule is CC(O)(c1ccc2c(c1)OCCCO2)C1CCNCC1. The maximum Gasteiger partial charge on any atom is 0.161 e. The number of piperidine rings is 1. The normalized spacial score (nSPS) is 22.9. The summed E-state index contributed by atoms with van der Waals surface area (Å²) in [5.41, 5.74) is 0.112. The number of benzene rings is 1. The molecule has 0 radical (unpaired) electrons.